The highest BCUT2D eigenvalue weighted by Crippen LogP contribution is 2.43. The zero-order valence-electron chi connectivity index (χ0n) is 22.9. The second-order valence-corrected chi connectivity index (χ2v) is 12.3. The van der Waals surface area contributed by atoms with Gasteiger partial charge in [-0.1, -0.05) is 50.1 Å². The van der Waals surface area contributed by atoms with Crippen molar-refractivity contribution in [1.29, 1.82) is 0 Å². The van der Waals surface area contributed by atoms with Gasteiger partial charge in [0.05, 0.1) is 6.54 Å². The van der Waals surface area contributed by atoms with Crippen molar-refractivity contribution in [3.63, 3.8) is 0 Å². The first-order valence-electron chi connectivity index (χ1n) is 13.9. The molecule has 1 aliphatic carbocycles. The number of hydrogen-bond acceptors (Lipinski definition) is 6. The van der Waals surface area contributed by atoms with E-state index in [4.69, 9.17) is 10.1 Å². The van der Waals surface area contributed by atoms with Gasteiger partial charge in [-0.2, -0.15) is 4.98 Å². The normalized spacial score (nSPS) is 20.6. The average molecular weight is 542 g/mol. The Morgan fingerprint density at radius 2 is 1.85 bits per heavy atom. The maximum atomic E-state index is 12.4. The van der Waals surface area contributed by atoms with Crippen molar-refractivity contribution in [1.82, 2.24) is 24.5 Å². The number of carboxylic acid groups (broad SMARTS) is 1. The van der Waals surface area contributed by atoms with Gasteiger partial charge in [0.2, 0.25) is 0 Å². The molecular weight excluding hydrogens is 506 g/mol. The number of carboxylic acids is 1. The molecule has 1 aromatic carbocycles. The van der Waals surface area contributed by atoms with Crippen LogP contribution >= 0.6 is 11.3 Å². The fourth-order valence-electron chi connectivity index (χ4n) is 6.27. The van der Waals surface area contributed by atoms with Gasteiger partial charge in [0.25, 0.3) is 5.78 Å². The summed E-state index contributed by atoms with van der Waals surface area (Å²) in [6, 6.07) is 14.3. The van der Waals surface area contributed by atoms with Gasteiger partial charge in [0, 0.05) is 34.9 Å². The van der Waals surface area contributed by atoms with E-state index in [9.17, 15) is 9.90 Å². The number of aromatic nitrogens is 4. The van der Waals surface area contributed by atoms with Crippen molar-refractivity contribution in [2.24, 2.45) is 11.8 Å². The Balaban J connectivity index is 1.36. The molecule has 4 heterocycles. The number of rotatable bonds is 6. The van der Waals surface area contributed by atoms with Gasteiger partial charge in [0.15, 0.2) is 5.82 Å². The van der Waals surface area contributed by atoms with Crippen LogP contribution in [0.25, 0.3) is 21.8 Å². The minimum absolute atomic E-state index is 0.456. The number of aryl methyl sites for hydroxylation is 2. The number of aromatic carboxylic acids is 1. The summed E-state index contributed by atoms with van der Waals surface area (Å²) >= 11 is 1.39. The SMILES string of the molecule is Cc1cc(C)n2nc(CN3CCC(c4cc(-c5ccccc5)sc4C(=O)O)=C(C4CCC(C)CC4)C3)nc2n1. The molecule has 39 heavy (non-hydrogen) atoms. The molecule has 7 nitrogen and oxygen atoms in total. The summed E-state index contributed by atoms with van der Waals surface area (Å²) in [7, 11) is 0. The molecule has 4 aromatic rings. The Morgan fingerprint density at radius 3 is 2.59 bits per heavy atom. The number of carbonyl (C=O) groups is 1. The first kappa shape index (κ1) is 25.9. The lowest BCUT2D eigenvalue weighted by Crippen LogP contribution is -2.34. The topological polar surface area (TPSA) is 83.6 Å². The third-order valence-corrected chi connectivity index (χ3v) is 9.48. The predicted octanol–water partition coefficient (Wildman–Crippen LogP) is 6.65. The second kappa shape index (κ2) is 10.7. The largest absolute Gasteiger partial charge is 0.477 e. The highest BCUT2D eigenvalue weighted by molar-refractivity contribution is 7.17. The number of thiophene rings is 1. The number of hydrogen-bond donors (Lipinski definition) is 1. The molecule has 8 heteroatoms. The summed E-state index contributed by atoms with van der Waals surface area (Å²) in [6.07, 6.45) is 5.62. The van der Waals surface area contributed by atoms with Gasteiger partial charge in [-0.05, 0) is 73.8 Å². The summed E-state index contributed by atoms with van der Waals surface area (Å²) in [5.41, 5.74) is 6.63. The van der Waals surface area contributed by atoms with E-state index in [0.717, 1.165) is 58.6 Å². The molecule has 2 aliphatic rings. The Hall–Kier alpha value is -3.36. The molecule has 0 unspecified atom stereocenters. The lowest BCUT2D eigenvalue weighted by atomic mass is 9.75. The smallest absolute Gasteiger partial charge is 0.346 e. The maximum absolute atomic E-state index is 12.4. The molecular formula is C31H35N5O2S. The first-order valence-corrected chi connectivity index (χ1v) is 14.7. The van der Waals surface area contributed by atoms with Crippen LogP contribution in [0.3, 0.4) is 0 Å². The van der Waals surface area contributed by atoms with Crippen molar-refractivity contribution in [3.8, 4) is 10.4 Å². The molecule has 1 aliphatic heterocycles. The molecule has 3 aromatic heterocycles. The van der Waals surface area contributed by atoms with Crippen LogP contribution in [0.2, 0.25) is 0 Å². The quantitative estimate of drug-likeness (QED) is 0.294. The summed E-state index contributed by atoms with van der Waals surface area (Å²) in [4.78, 5) is 25.6. The first-order chi connectivity index (χ1) is 18.9. The maximum Gasteiger partial charge on any atom is 0.346 e. The van der Waals surface area contributed by atoms with E-state index in [2.05, 4.69) is 35.0 Å². The number of benzene rings is 1. The minimum atomic E-state index is -0.837. The van der Waals surface area contributed by atoms with Crippen molar-refractivity contribution in [3.05, 3.63) is 75.7 Å². The standard InChI is InChI=1S/C31H35N5O2S/c1-19-9-11-22(12-10-19)26-17-35(18-28-33-31-32-20(2)15-21(3)36(31)34-28)14-13-24(26)25-16-27(39-29(25)30(37)38)23-7-5-4-6-8-23/h4-8,15-16,19,22H,9-14,17-18H2,1-3H3,(H,37,38). The lowest BCUT2D eigenvalue weighted by Gasteiger charge is -2.37. The fraction of sp³-hybridized carbons (Fsp3) is 0.419. The summed E-state index contributed by atoms with van der Waals surface area (Å²) in [5, 5.41) is 15.0. The van der Waals surface area contributed by atoms with E-state index in [1.165, 1.54) is 48.2 Å². The zero-order chi connectivity index (χ0) is 27.1. The molecule has 1 N–H and O–H groups in total. The Labute approximate surface area is 233 Å². The molecule has 6 rings (SSSR count). The van der Waals surface area contributed by atoms with Crippen LogP contribution in [-0.4, -0.2) is 48.6 Å². The van der Waals surface area contributed by atoms with Crippen LogP contribution < -0.4 is 0 Å². The molecule has 0 amide bonds. The van der Waals surface area contributed by atoms with Gasteiger partial charge in [-0.25, -0.2) is 14.3 Å². The Bertz CT molecular complexity index is 1550. The predicted molar refractivity (Wildman–Crippen MR) is 155 cm³/mol. The summed E-state index contributed by atoms with van der Waals surface area (Å²) in [5.74, 6) is 1.84. The molecule has 0 saturated heterocycles. The number of nitrogens with zero attached hydrogens (tertiary/aromatic N) is 5. The molecule has 1 fully saturated rings. The van der Waals surface area contributed by atoms with Crippen LogP contribution in [0.15, 0.2) is 48.0 Å². The van der Waals surface area contributed by atoms with Gasteiger partial charge in [0.1, 0.15) is 4.88 Å². The summed E-state index contributed by atoms with van der Waals surface area (Å²) in [6.45, 7) is 8.69. The average Bonchev–Trinajstić information content (AvgIpc) is 3.55. The molecule has 1 saturated carbocycles. The van der Waals surface area contributed by atoms with Crippen LogP contribution in [0.5, 0.6) is 0 Å². The van der Waals surface area contributed by atoms with Crippen molar-refractivity contribution in [2.45, 2.75) is 59.4 Å². The van der Waals surface area contributed by atoms with Gasteiger partial charge in [-0.15, -0.1) is 16.4 Å². The van der Waals surface area contributed by atoms with Crippen LogP contribution in [0.4, 0.5) is 0 Å². The molecule has 0 radical (unpaired) electrons. The number of fused-ring (bicyclic) bond motifs is 1. The highest BCUT2D eigenvalue weighted by Gasteiger charge is 2.31. The van der Waals surface area contributed by atoms with Crippen molar-refractivity contribution >= 4 is 28.7 Å². The molecule has 0 spiro atoms. The molecule has 202 valence electrons. The van der Waals surface area contributed by atoms with Crippen LogP contribution in [0, 0.1) is 25.7 Å². The third kappa shape index (κ3) is 5.28. The van der Waals surface area contributed by atoms with Crippen LogP contribution in [0.1, 0.15) is 71.5 Å². The monoisotopic (exact) mass is 541 g/mol. The van der Waals surface area contributed by atoms with E-state index in [1.807, 2.05) is 42.6 Å². The lowest BCUT2D eigenvalue weighted by molar-refractivity contribution is 0.0702. The van der Waals surface area contributed by atoms with Crippen molar-refractivity contribution in [2.75, 3.05) is 13.1 Å². The Morgan fingerprint density at radius 1 is 1.08 bits per heavy atom. The van der Waals surface area contributed by atoms with E-state index in [0.29, 0.717) is 23.1 Å². The second-order valence-electron chi connectivity index (χ2n) is 11.2. The highest BCUT2D eigenvalue weighted by atomic mass is 32.1. The van der Waals surface area contributed by atoms with Crippen LogP contribution in [-0.2, 0) is 6.54 Å². The third-order valence-electron chi connectivity index (χ3n) is 8.31. The van der Waals surface area contributed by atoms with Crippen molar-refractivity contribution < 1.29 is 9.90 Å². The fourth-order valence-corrected chi connectivity index (χ4v) is 7.30. The zero-order valence-corrected chi connectivity index (χ0v) is 23.7. The summed E-state index contributed by atoms with van der Waals surface area (Å²) < 4.78 is 1.83. The van der Waals surface area contributed by atoms with E-state index in [1.54, 1.807) is 0 Å². The van der Waals surface area contributed by atoms with Gasteiger partial charge in [-0.3, -0.25) is 4.90 Å². The minimum Gasteiger partial charge on any atom is -0.477 e. The van der Waals surface area contributed by atoms with E-state index >= 15 is 0 Å². The van der Waals surface area contributed by atoms with Gasteiger partial charge < -0.3 is 5.11 Å². The molecule has 0 bridgehead atoms. The van der Waals surface area contributed by atoms with E-state index < -0.39 is 5.97 Å². The van der Waals surface area contributed by atoms with E-state index in [-0.39, 0.29) is 0 Å². The molecule has 0 atom stereocenters. The van der Waals surface area contributed by atoms with Gasteiger partial charge >= 0.3 is 5.97 Å². The Kier molecular flexibility index (Phi) is 7.08.